The fraction of sp³-hybridized carbons (Fsp3) is 0.900. The Morgan fingerprint density at radius 2 is 1.91 bits per heavy atom. The first-order chi connectivity index (χ1) is 10.5. The number of hydrogen-bond acceptors (Lipinski definition) is 2. The van der Waals surface area contributed by atoms with Gasteiger partial charge in [-0.25, -0.2) is 0 Å². The molecule has 0 amide bonds. The molecule has 22 heavy (non-hydrogen) atoms. The van der Waals surface area contributed by atoms with Gasteiger partial charge in [0.1, 0.15) is 12.1 Å². The van der Waals surface area contributed by atoms with Crippen LogP contribution in [0.4, 0.5) is 0 Å². The molecule has 2 nitrogen and oxygen atoms in total. The largest absolute Gasteiger partial charge is 0.303 e. The molecule has 124 valence electrons. The van der Waals surface area contributed by atoms with Crippen LogP contribution >= 0.6 is 0 Å². The average molecular weight is 304 g/mol. The lowest BCUT2D eigenvalue weighted by Gasteiger charge is -2.58. The molecule has 6 atom stereocenters. The molecular formula is C20H32O2. The van der Waals surface area contributed by atoms with Crippen molar-refractivity contribution >= 4 is 12.1 Å². The van der Waals surface area contributed by atoms with Crippen LogP contribution in [0.2, 0.25) is 0 Å². The van der Waals surface area contributed by atoms with Crippen molar-refractivity contribution in [3.63, 3.8) is 0 Å². The Hall–Kier alpha value is -0.660. The minimum Gasteiger partial charge on any atom is -0.303 e. The summed E-state index contributed by atoms with van der Waals surface area (Å²) in [5, 5.41) is 0. The first kappa shape index (κ1) is 16.2. The summed E-state index contributed by atoms with van der Waals surface area (Å²) in [5.74, 6) is 3.17. The number of ketones is 1. The molecule has 0 aromatic rings. The Balaban J connectivity index is 1.90. The highest BCUT2D eigenvalue weighted by molar-refractivity contribution is 5.87. The quantitative estimate of drug-likeness (QED) is 0.699. The Labute approximate surface area is 135 Å². The summed E-state index contributed by atoms with van der Waals surface area (Å²) in [5.41, 5.74) is 0.289. The first-order valence-corrected chi connectivity index (χ1v) is 9.44. The Morgan fingerprint density at radius 3 is 2.59 bits per heavy atom. The van der Waals surface area contributed by atoms with Gasteiger partial charge in [-0.15, -0.1) is 0 Å². The smallest absolute Gasteiger partial charge is 0.139 e. The maximum absolute atomic E-state index is 12.4. The van der Waals surface area contributed by atoms with Gasteiger partial charge in [0.2, 0.25) is 0 Å². The Kier molecular flexibility index (Phi) is 4.24. The lowest BCUT2D eigenvalue weighted by molar-refractivity contribution is -0.137. The van der Waals surface area contributed by atoms with Crippen LogP contribution < -0.4 is 0 Å². The van der Waals surface area contributed by atoms with Crippen molar-refractivity contribution in [2.45, 2.75) is 78.6 Å². The predicted octanol–water partition coefficient (Wildman–Crippen LogP) is 4.80. The molecular weight excluding hydrogens is 272 g/mol. The molecule has 6 unspecified atom stereocenters. The van der Waals surface area contributed by atoms with Crippen molar-refractivity contribution in [1.82, 2.24) is 0 Å². The molecule has 2 heteroatoms. The van der Waals surface area contributed by atoms with E-state index in [9.17, 15) is 9.59 Å². The summed E-state index contributed by atoms with van der Waals surface area (Å²) in [4.78, 5) is 23.6. The number of Topliss-reactive ketones (excluding diaryl/α,β-unsaturated/α-hetero) is 1. The maximum Gasteiger partial charge on any atom is 0.139 e. The number of carbonyl (C=O) groups is 2. The lowest BCUT2D eigenvalue weighted by atomic mass is 9.46. The van der Waals surface area contributed by atoms with Crippen LogP contribution in [0.1, 0.15) is 78.6 Å². The number of fused-ring (bicyclic) bond motifs is 3. The number of rotatable bonds is 4. The molecule has 0 spiro atoms. The van der Waals surface area contributed by atoms with Crippen LogP contribution in [-0.4, -0.2) is 12.1 Å². The minimum absolute atomic E-state index is 0.0220. The number of carbonyl (C=O) groups excluding carboxylic acids is 2. The van der Waals surface area contributed by atoms with Gasteiger partial charge in [-0.2, -0.15) is 0 Å². The topological polar surface area (TPSA) is 34.1 Å². The summed E-state index contributed by atoms with van der Waals surface area (Å²) in [6.45, 7) is 6.98. The van der Waals surface area contributed by atoms with Crippen molar-refractivity contribution < 1.29 is 9.59 Å². The van der Waals surface area contributed by atoms with Crippen molar-refractivity contribution in [3.8, 4) is 0 Å². The Bertz CT molecular complexity index is 457. The van der Waals surface area contributed by atoms with Crippen LogP contribution in [0.5, 0.6) is 0 Å². The molecule has 0 heterocycles. The molecule has 3 rings (SSSR count). The zero-order valence-corrected chi connectivity index (χ0v) is 14.6. The molecule has 3 aliphatic rings. The van der Waals surface area contributed by atoms with Crippen LogP contribution in [0.15, 0.2) is 0 Å². The molecule has 3 aliphatic carbocycles. The van der Waals surface area contributed by atoms with Gasteiger partial charge in [0.25, 0.3) is 0 Å². The molecule has 0 aromatic heterocycles. The number of hydrogen-bond donors (Lipinski definition) is 0. The lowest BCUT2D eigenvalue weighted by Crippen LogP contribution is -2.52. The predicted molar refractivity (Wildman–Crippen MR) is 88.5 cm³/mol. The highest BCUT2D eigenvalue weighted by Gasteiger charge is 2.59. The van der Waals surface area contributed by atoms with E-state index < -0.39 is 0 Å². The maximum atomic E-state index is 12.4. The fourth-order valence-electron chi connectivity index (χ4n) is 6.74. The third-order valence-electron chi connectivity index (χ3n) is 7.94. The number of aldehydes is 1. The van der Waals surface area contributed by atoms with Gasteiger partial charge in [-0.1, -0.05) is 27.2 Å². The third-order valence-corrected chi connectivity index (χ3v) is 7.94. The zero-order chi connectivity index (χ0) is 16.0. The van der Waals surface area contributed by atoms with Crippen LogP contribution in [0.3, 0.4) is 0 Å². The van der Waals surface area contributed by atoms with Crippen LogP contribution in [0, 0.1) is 34.5 Å². The fourth-order valence-corrected chi connectivity index (χ4v) is 6.74. The molecule has 0 bridgehead atoms. The second kappa shape index (κ2) is 5.76. The van der Waals surface area contributed by atoms with Gasteiger partial charge >= 0.3 is 0 Å². The monoisotopic (exact) mass is 304 g/mol. The van der Waals surface area contributed by atoms with E-state index in [0.29, 0.717) is 23.0 Å². The van der Waals surface area contributed by atoms with Gasteiger partial charge < -0.3 is 4.79 Å². The van der Waals surface area contributed by atoms with E-state index in [2.05, 4.69) is 20.8 Å². The van der Waals surface area contributed by atoms with E-state index in [4.69, 9.17) is 0 Å². The second-order valence-corrected chi connectivity index (χ2v) is 8.73. The summed E-state index contributed by atoms with van der Waals surface area (Å²) in [6, 6.07) is 0. The van der Waals surface area contributed by atoms with Crippen LogP contribution in [0.25, 0.3) is 0 Å². The first-order valence-electron chi connectivity index (χ1n) is 9.44. The van der Waals surface area contributed by atoms with Crippen molar-refractivity contribution in [2.24, 2.45) is 34.5 Å². The molecule has 0 N–H and O–H groups in total. The standard InChI is InChI=1S/C20H32O2/c1-4-11-19(2)14(10-13-21)5-6-15-16-7-8-18(22)20(16,3)12-9-17(15)19/h13-17H,4-12H2,1-3H3. The van der Waals surface area contributed by atoms with Crippen molar-refractivity contribution in [2.75, 3.05) is 0 Å². The molecule has 3 fully saturated rings. The van der Waals surface area contributed by atoms with E-state index in [1.54, 1.807) is 0 Å². The van der Waals surface area contributed by atoms with E-state index in [1.165, 1.54) is 32.1 Å². The van der Waals surface area contributed by atoms with Gasteiger partial charge in [-0.05, 0) is 67.6 Å². The summed E-state index contributed by atoms with van der Waals surface area (Å²) in [6.07, 6.45) is 11.0. The van der Waals surface area contributed by atoms with E-state index >= 15 is 0 Å². The zero-order valence-electron chi connectivity index (χ0n) is 14.6. The summed E-state index contributed by atoms with van der Waals surface area (Å²) < 4.78 is 0. The van der Waals surface area contributed by atoms with Gasteiger partial charge in [0.15, 0.2) is 0 Å². The Morgan fingerprint density at radius 1 is 1.14 bits per heavy atom. The minimum atomic E-state index is -0.0220. The normalized spacial score (nSPS) is 47.9. The van der Waals surface area contributed by atoms with Gasteiger partial charge in [0.05, 0.1) is 0 Å². The third kappa shape index (κ3) is 2.20. The van der Waals surface area contributed by atoms with Crippen LogP contribution in [-0.2, 0) is 9.59 Å². The molecule has 0 aliphatic heterocycles. The molecule has 0 aromatic carbocycles. The summed E-state index contributed by atoms with van der Waals surface area (Å²) >= 11 is 0. The van der Waals surface area contributed by atoms with E-state index in [1.807, 2.05) is 0 Å². The molecule has 3 saturated carbocycles. The second-order valence-electron chi connectivity index (χ2n) is 8.73. The highest BCUT2D eigenvalue weighted by Crippen LogP contribution is 2.64. The van der Waals surface area contributed by atoms with Crippen molar-refractivity contribution in [1.29, 1.82) is 0 Å². The van der Waals surface area contributed by atoms with E-state index in [-0.39, 0.29) is 5.41 Å². The highest BCUT2D eigenvalue weighted by atomic mass is 16.1. The van der Waals surface area contributed by atoms with Gasteiger partial charge in [0, 0.05) is 18.3 Å². The summed E-state index contributed by atoms with van der Waals surface area (Å²) in [7, 11) is 0. The molecule has 0 saturated heterocycles. The van der Waals surface area contributed by atoms with Crippen molar-refractivity contribution in [3.05, 3.63) is 0 Å². The van der Waals surface area contributed by atoms with Gasteiger partial charge in [-0.3, -0.25) is 4.79 Å². The van der Waals surface area contributed by atoms with E-state index in [0.717, 1.165) is 43.8 Å². The SMILES string of the molecule is CCCC1(C)C(CC=O)CCC2C3CCC(=O)C3(C)CCC21. The average Bonchev–Trinajstić information content (AvgIpc) is 2.79. The molecule has 0 radical (unpaired) electrons.